The van der Waals surface area contributed by atoms with Crippen molar-refractivity contribution in [1.29, 1.82) is 0 Å². The van der Waals surface area contributed by atoms with E-state index in [-0.39, 0.29) is 42.5 Å². The standard InChI is InChI=1S/C24H28N4O3/c1-18(19-7-3-2-4-8-19)28-17-20(15-23(28)30)24(31)27-13-11-26(12-14-27)22(29)16-21-9-5-6-10-25-21/h2-10,18,20H,11-17H2,1H3. The summed E-state index contributed by atoms with van der Waals surface area (Å²) in [6, 6.07) is 15.4. The molecule has 2 aliphatic rings. The van der Waals surface area contributed by atoms with Gasteiger partial charge in [-0.2, -0.15) is 0 Å². The third-order valence-corrected chi connectivity index (χ3v) is 6.26. The fourth-order valence-electron chi connectivity index (χ4n) is 4.39. The van der Waals surface area contributed by atoms with E-state index in [2.05, 4.69) is 4.98 Å². The first-order chi connectivity index (χ1) is 15.0. The summed E-state index contributed by atoms with van der Waals surface area (Å²) in [6.07, 6.45) is 2.22. The second-order valence-electron chi connectivity index (χ2n) is 8.24. The van der Waals surface area contributed by atoms with Gasteiger partial charge in [-0.15, -0.1) is 0 Å². The third-order valence-electron chi connectivity index (χ3n) is 6.26. The van der Waals surface area contributed by atoms with Gasteiger partial charge in [-0.05, 0) is 24.6 Å². The maximum atomic E-state index is 13.1. The van der Waals surface area contributed by atoms with Crippen molar-refractivity contribution in [2.24, 2.45) is 5.92 Å². The quantitative estimate of drug-likeness (QED) is 0.741. The number of pyridine rings is 1. The van der Waals surface area contributed by atoms with Crippen molar-refractivity contribution in [2.45, 2.75) is 25.8 Å². The van der Waals surface area contributed by atoms with E-state index in [1.165, 1.54) is 0 Å². The fraction of sp³-hybridized carbons (Fsp3) is 0.417. The number of carbonyl (C=O) groups excluding carboxylic acids is 3. The maximum absolute atomic E-state index is 13.1. The molecule has 2 fully saturated rings. The van der Waals surface area contributed by atoms with Crippen LogP contribution in [0.1, 0.15) is 30.6 Å². The minimum atomic E-state index is -0.311. The Kier molecular flexibility index (Phi) is 6.30. The predicted octanol–water partition coefficient (Wildman–Crippen LogP) is 1.90. The number of likely N-dealkylation sites (tertiary alicyclic amines) is 1. The third kappa shape index (κ3) is 4.76. The lowest BCUT2D eigenvalue weighted by Crippen LogP contribution is -2.52. The molecule has 0 bridgehead atoms. The molecule has 2 aliphatic heterocycles. The zero-order valence-corrected chi connectivity index (χ0v) is 17.8. The summed E-state index contributed by atoms with van der Waals surface area (Å²) in [5, 5.41) is 0. The molecule has 3 heterocycles. The van der Waals surface area contributed by atoms with Gasteiger partial charge in [0, 0.05) is 51.0 Å². The Morgan fingerprint density at radius 1 is 1.00 bits per heavy atom. The average molecular weight is 421 g/mol. The first-order valence-corrected chi connectivity index (χ1v) is 10.8. The van der Waals surface area contributed by atoms with E-state index in [4.69, 9.17) is 0 Å². The summed E-state index contributed by atoms with van der Waals surface area (Å²) in [7, 11) is 0. The van der Waals surface area contributed by atoms with Gasteiger partial charge in [-0.1, -0.05) is 36.4 Å². The van der Waals surface area contributed by atoms with Gasteiger partial charge in [0.2, 0.25) is 17.7 Å². The minimum absolute atomic E-state index is 0.0212. The SMILES string of the molecule is CC(c1ccccc1)N1CC(C(=O)N2CCN(C(=O)Cc3ccccn3)CC2)CC1=O. The van der Waals surface area contributed by atoms with Crippen LogP contribution in [0, 0.1) is 5.92 Å². The molecule has 2 unspecified atom stereocenters. The fourth-order valence-corrected chi connectivity index (χ4v) is 4.39. The van der Waals surface area contributed by atoms with E-state index < -0.39 is 0 Å². The second kappa shape index (κ2) is 9.29. The summed E-state index contributed by atoms with van der Waals surface area (Å²) < 4.78 is 0. The summed E-state index contributed by atoms with van der Waals surface area (Å²) in [4.78, 5) is 47.8. The molecule has 3 amide bonds. The van der Waals surface area contributed by atoms with Gasteiger partial charge in [0.1, 0.15) is 0 Å². The average Bonchev–Trinajstić information content (AvgIpc) is 3.21. The molecule has 2 atom stereocenters. The van der Waals surface area contributed by atoms with E-state index in [0.717, 1.165) is 11.3 Å². The number of rotatable bonds is 5. The number of hydrogen-bond donors (Lipinski definition) is 0. The van der Waals surface area contributed by atoms with E-state index in [0.29, 0.717) is 32.7 Å². The van der Waals surface area contributed by atoms with E-state index in [9.17, 15) is 14.4 Å². The van der Waals surface area contributed by atoms with Gasteiger partial charge in [0.05, 0.1) is 18.4 Å². The monoisotopic (exact) mass is 420 g/mol. The number of benzene rings is 1. The van der Waals surface area contributed by atoms with Gasteiger partial charge in [0.15, 0.2) is 0 Å². The normalized spacial score (nSPS) is 20.1. The Bertz CT molecular complexity index is 926. The van der Waals surface area contributed by atoms with E-state index in [1.807, 2.05) is 60.4 Å². The zero-order valence-electron chi connectivity index (χ0n) is 17.8. The molecule has 0 radical (unpaired) electrons. The largest absolute Gasteiger partial charge is 0.339 e. The second-order valence-corrected chi connectivity index (χ2v) is 8.24. The Morgan fingerprint density at radius 2 is 1.68 bits per heavy atom. The molecule has 1 aromatic carbocycles. The first-order valence-electron chi connectivity index (χ1n) is 10.8. The topological polar surface area (TPSA) is 73.8 Å². The van der Waals surface area contributed by atoms with Crippen LogP contribution in [0.5, 0.6) is 0 Å². The van der Waals surface area contributed by atoms with Crippen LogP contribution in [-0.4, -0.2) is 70.1 Å². The van der Waals surface area contributed by atoms with Gasteiger partial charge in [0.25, 0.3) is 0 Å². The van der Waals surface area contributed by atoms with Crippen molar-refractivity contribution in [2.75, 3.05) is 32.7 Å². The number of amides is 3. The van der Waals surface area contributed by atoms with Crippen LogP contribution in [-0.2, 0) is 20.8 Å². The van der Waals surface area contributed by atoms with Gasteiger partial charge in [-0.25, -0.2) is 0 Å². The van der Waals surface area contributed by atoms with Gasteiger partial charge >= 0.3 is 0 Å². The summed E-state index contributed by atoms with van der Waals surface area (Å²) >= 11 is 0. The molecule has 4 rings (SSSR count). The number of piperazine rings is 1. The van der Waals surface area contributed by atoms with Crippen LogP contribution in [0.2, 0.25) is 0 Å². The van der Waals surface area contributed by atoms with Crippen molar-refractivity contribution < 1.29 is 14.4 Å². The summed E-state index contributed by atoms with van der Waals surface area (Å²) in [5.74, 6) is -0.231. The molecule has 0 aliphatic carbocycles. The predicted molar refractivity (Wildman–Crippen MR) is 116 cm³/mol. The van der Waals surface area contributed by atoms with E-state index in [1.54, 1.807) is 16.0 Å². The Balaban J connectivity index is 1.30. The summed E-state index contributed by atoms with van der Waals surface area (Å²) in [5.41, 5.74) is 1.83. The molecule has 0 saturated carbocycles. The first kappa shape index (κ1) is 21.0. The molecular weight excluding hydrogens is 392 g/mol. The molecule has 0 spiro atoms. The number of nitrogens with zero attached hydrogens (tertiary/aromatic N) is 4. The van der Waals surface area contributed by atoms with Gasteiger partial charge < -0.3 is 14.7 Å². The Hall–Kier alpha value is -3.22. The number of hydrogen-bond acceptors (Lipinski definition) is 4. The lowest BCUT2D eigenvalue weighted by atomic mass is 10.1. The molecule has 7 heteroatoms. The number of aromatic nitrogens is 1. The van der Waals surface area contributed by atoms with Crippen molar-refractivity contribution in [3.63, 3.8) is 0 Å². The van der Waals surface area contributed by atoms with Crippen molar-refractivity contribution in [3.05, 3.63) is 66.0 Å². The van der Waals surface area contributed by atoms with Crippen LogP contribution in [0.4, 0.5) is 0 Å². The molecule has 162 valence electrons. The Morgan fingerprint density at radius 3 is 2.35 bits per heavy atom. The highest BCUT2D eigenvalue weighted by molar-refractivity contribution is 5.89. The highest BCUT2D eigenvalue weighted by Gasteiger charge is 2.39. The zero-order chi connectivity index (χ0) is 21.8. The van der Waals surface area contributed by atoms with Crippen LogP contribution in [0.3, 0.4) is 0 Å². The molecule has 7 nitrogen and oxygen atoms in total. The molecule has 2 saturated heterocycles. The highest BCUT2D eigenvalue weighted by Crippen LogP contribution is 2.29. The molecular formula is C24H28N4O3. The molecule has 0 N–H and O–H groups in total. The van der Waals surface area contributed by atoms with Gasteiger partial charge in [-0.3, -0.25) is 19.4 Å². The highest BCUT2D eigenvalue weighted by atomic mass is 16.2. The van der Waals surface area contributed by atoms with E-state index >= 15 is 0 Å². The Labute approximate surface area is 182 Å². The lowest BCUT2D eigenvalue weighted by Gasteiger charge is -2.36. The van der Waals surface area contributed by atoms with Crippen LogP contribution < -0.4 is 0 Å². The van der Waals surface area contributed by atoms with Crippen molar-refractivity contribution in [1.82, 2.24) is 19.7 Å². The lowest BCUT2D eigenvalue weighted by molar-refractivity contribution is -0.141. The smallest absolute Gasteiger partial charge is 0.228 e. The van der Waals surface area contributed by atoms with Crippen LogP contribution in [0.25, 0.3) is 0 Å². The minimum Gasteiger partial charge on any atom is -0.339 e. The van der Waals surface area contributed by atoms with Crippen LogP contribution in [0.15, 0.2) is 54.7 Å². The van der Waals surface area contributed by atoms with Crippen molar-refractivity contribution in [3.8, 4) is 0 Å². The maximum Gasteiger partial charge on any atom is 0.228 e. The number of carbonyl (C=O) groups is 3. The molecule has 31 heavy (non-hydrogen) atoms. The van der Waals surface area contributed by atoms with Crippen LogP contribution >= 0.6 is 0 Å². The molecule has 2 aromatic rings. The van der Waals surface area contributed by atoms with Crippen molar-refractivity contribution >= 4 is 17.7 Å². The summed E-state index contributed by atoms with van der Waals surface area (Å²) in [6.45, 7) is 4.50. The molecule has 1 aromatic heterocycles.